The van der Waals surface area contributed by atoms with E-state index in [0.717, 1.165) is 49.7 Å². The minimum Gasteiger partial charge on any atom is -0.497 e. The molecule has 0 saturated heterocycles. The zero-order valence-corrected chi connectivity index (χ0v) is 15.6. The molecule has 4 aromatic rings. The molecule has 5 heteroatoms. The molecule has 130 valence electrons. The van der Waals surface area contributed by atoms with E-state index in [-0.39, 0.29) is 0 Å². The molecule has 0 spiro atoms. The Hall–Kier alpha value is -2.92. The first-order valence-corrected chi connectivity index (χ1v) is 9.16. The maximum atomic E-state index is 6.23. The van der Waals surface area contributed by atoms with Gasteiger partial charge in [-0.15, -0.1) is 11.3 Å². The monoisotopic (exact) mass is 362 g/mol. The number of methoxy groups -OCH3 is 1. The molecule has 0 aliphatic heterocycles. The highest BCUT2D eigenvalue weighted by molar-refractivity contribution is 7.13. The fourth-order valence-electron chi connectivity index (χ4n) is 3.04. The minimum atomic E-state index is 0.734. The third kappa shape index (κ3) is 3.13. The van der Waals surface area contributed by atoms with E-state index >= 15 is 0 Å². The van der Waals surface area contributed by atoms with Gasteiger partial charge in [-0.05, 0) is 55.3 Å². The molecule has 0 aliphatic rings. The van der Waals surface area contributed by atoms with Gasteiger partial charge in [-0.1, -0.05) is 6.07 Å². The molecule has 0 N–H and O–H groups in total. The lowest BCUT2D eigenvalue weighted by Crippen LogP contribution is -2.05. The topological polar surface area (TPSA) is 47.6 Å². The molecule has 2 heterocycles. The second-order valence-corrected chi connectivity index (χ2v) is 6.98. The SMILES string of the molecule is COc1ccc(-c2c/c(=N\c3nccs3)c3c(C)cc(C)cc3o2)cc1. The Bertz CT molecular complexity index is 1130. The van der Waals surface area contributed by atoms with Gasteiger partial charge in [-0.3, -0.25) is 0 Å². The maximum absolute atomic E-state index is 6.23. The molecule has 0 bridgehead atoms. The first-order valence-electron chi connectivity index (χ1n) is 8.28. The molecule has 0 fully saturated rings. The average Bonchev–Trinajstić information content (AvgIpc) is 3.14. The average molecular weight is 362 g/mol. The van der Waals surface area contributed by atoms with Gasteiger partial charge in [0.1, 0.15) is 17.1 Å². The van der Waals surface area contributed by atoms with Crippen molar-refractivity contribution in [1.29, 1.82) is 0 Å². The zero-order chi connectivity index (χ0) is 18.1. The summed E-state index contributed by atoms with van der Waals surface area (Å²) in [7, 11) is 1.66. The Morgan fingerprint density at radius 1 is 1.08 bits per heavy atom. The minimum absolute atomic E-state index is 0.734. The third-order valence-corrected chi connectivity index (χ3v) is 4.86. The summed E-state index contributed by atoms with van der Waals surface area (Å²) in [6.45, 7) is 4.15. The number of nitrogens with zero attached hydrogens (tertiary/aromatic N) is 2. The number of aryl methyl sites for hydroxylation is 2. The van der Waals surface area contributed by atoms with Gasteiger partial charge in [0, 0.05) is 28.6 Å². The molecule has 2 aromatic heterocycles. The van der Waals surface area contributed by atoms with Crippen LogP contribution >= 0.6 is 11.3 Å². The van der Waals surface area contributed by atoms with Crippen molar-refractivity contribution in [3.63, 3.8) is 0 Å². The van der Waals surface area contributed by atoms with Gasteiger partial charge in [-0.25, -0.2) is 9.98 Å². The molecule has 0 aliphatic carbocycles. The fourth-order valence-corrected chi connectivity index (χ4v) is 3.56. The van der Waals surface area contributed by atoms with Crippen molar-refractivity contribution in [3.8, 4) is 17.1 Å². The van der Waals surface area contributed by atoms with Crippen LogP contribution in [0.1, 0.15) is 11.1 Å². The predicted molar refractivity (Wildman–Crippen MR) is 105 cm³/mol. The van der Waals surface area contributed by atoms with Crippen LogP contribution in [0, 0.1) is 13.8 Å². The Kier molecular flexibility index (Phi) is 4.31. The van der Waals surface area contributed by atoms with E-state index in [1.54, 1.807) is 13.3 Å². The van der Waals surface area contributed by atoms with Gasteiger partial charge in [0.15, 0.2) is 0 Å². The molecular weight excluding hydrogens is 344 g/mol. The highest BCUT2D eigenvalue weighted by atomic mass is 32.1. The fraction of sp³-hybridized carbons (Fsp3) is 0.143. The summed E-state index contributed by atoms with van der Waals surface area (Å²) in [4.78, 5) is 9.06. The lowest BCUT2D eigenvalue weighted by atomic mass is 10.0. The quantitative estimate of drug-likeness (QED) is 0.489. The van der Waals surface area contributed by atoms with Gasteiger partial charge in [0.2, 0.25) is 5.13 Å². The molecule has 0 amide bonds. The number of fused-ring (bicyclic) bond motifs is 1. The van der Waals surface area contributed by atoms with Crippen molar-refractivity contribution in [2.75, 3.05) is 7.11 Å². The molecule has 0 saturated carbocycles. The van der Waals surface area contributed by atoms with Crippen LogP contribution in [0.4, 0.5) is 5.13 Å². The van der Waals surface area contributed by atoms with Crippen LogP contribution in [-0.2, 0) is 0 Å². The van der Waals surface area contributed by atoms with Crippen LogP contribution in [0.15, 0.2) is 63.5 Å². The lowest BCUT2D eigenvalue weighted by molar-refractivity contribution is 0.415. The number of benzene rings is 2. The summed E-state index contributed by atoms with van der Waals surface area (Å²) in [5.41, 5.74) is 4.10. The van der Waals surface area contributed by atoms with Crippen molar-refractivity contribution in [3.05, 3.63) is 70.5 Å². The highest BCUT2D eigenvalue weighted by Gasteiger charge is 2.10. The largest absolute Gasteiger partial charge is 0.497 e. The Labute approximate surface area is 155 Å². The van der Waals surface area contributed by atoms with Crippen LogP contribution in [0.3, 0.4) is 0 Å². The second-order valence-electron chi connectivity index (χ2n) is 6.11. The number of aromatic nitrogens is 1. The Morgan fingerprint density at radius 3 is 2.58 bits per heavy atom. The third-order valence-electron chi connectivity index (χ3n) is 4.20. The van der Waals surface area contributed by atoms with Gasteiger partial charge in [0.05, 0.1) is 12.5 Å². The maximum Gasteiger partial charge on any atom is 0.209 e. The molecule has 4 nitrogen and oxygen atoms in total. The van der Waals surface area contributed by atoms with Crippen molar-refractivity contribution in [1.82, 2.24) is 4.98 Å². The summed E-state index contributed by atoms with van der Waals surface area (Å²) in [6, 6.07) is 14.0. The summed E-state index contributed by atoms with van der Waals surface area (Å²) in [5, 5.41) is 4.54. The van der Waals surface area contributed by atoms with Gasteiger partial charge >= 0.3 is 0 Å². The number of rotatable bonds is 3. The molecule has 4 rings (SSSR count). The molecule has 26 heavy (non-hydrogen) atoms. The van der Waals surface area contributed by atoms with Crippen LogP contribution in [0.5, 0.6) is 5.75 Å². The number of hydrogen-bond acceptors (Lipinski definition) is 5. The van der Waals surface area contributed by atoms with E-state index in [1.165, 1.54) is 11.3 Å². The molecule has 0 radical (unpaired) electrons. The molecule has 2 aromatic carbocycles. The normalized spacial score (nSPS) is 11.9. The van der Waals surface area contributed by atoms with Gasteiger partial charge < -0.3 is 9.15 Å². The van der Waals surface area contributed by atoms with E-state index in [2.05, 4.69) is 31.0 Å². The van der Waals surface area contributed by atoms with Crippen LogP contribution in [0.25, 0.3) is 22.3 Å². The Morgan fingerprint density at radius 2 is 1.88 bits per heavy atom. The van der Waals surface area contributed by atoms with E-state index in [9.17, 15) is 0 Å². The standard InChI is InChI=1S/C21H18N2O2S/c1-13-10-14(2)20-17(23-21-22-8-9-26-21)12-18(25-19(20)11-13)15-4-6-16(24-3)7-5-15/h4-12H,1-3H3/b23-17+. The number of ether oxygens (including phenoxy) is 1. The van der Waals surface area contributed by atoms with Crippen LogP contribution in [-0.4, -0.2) is 12.1 Å². The smallest absolute Gasteiger partial charge is 0.209 e. The van der Waals surface area contributed by atoms with Crippen LogP contribution < -0.4 is 10.1 Å². The first kappa shape index (κ1) is 16.5. The summed E-state index contributed by atoms with van der Waals surface area (Å²) in [5.74, 6) is 1.58. The second kappa shape index (κ2) is 6.77. The molecule has 0 unspecified atom stereocenters. The molecular formula is C21H18N2O2S. The van der Waals surface area contributed by atoms with E-state index < -0.39 is 0 Å². The van der Waals surface area contributed by atoms with Crippen molar-refractivity contribution in [2.45, 2.75) is 13.8 Å². The predicted octanol–water partition coefficient (Wildman–Crippen LogP) is 5.41. The zero-order valence-electron chi connectivity index (χ0n) is 14.8. The van der Waals surface area contributed by atoms with Crippen molar-refractivity contribution < 1.29 is 9.15 Å². The first-order chi connectivity index (χ1) is 12.6. The number of hydrogen-bond donors (Lipinski definition) is 0. The highest BCUT2D eigenvalue weighted by Crippen LogP contribution is 2.27. The van der Waals surface area contributed by atoms with E-state index in [1.807, 2.05) is 35.7 Å². The summed E-state index contributed by atoms with van der Waals surface area (Å²) < 4.78 is 11.5. The number of thiazole rings is 1. The van der Waals surface area contributed by atoms with Crippen molar-refractivity contribution >= 4 is 27.4 Å². The van der Waals surface area contributed by atoms with E-state index in [4.69, 9.17) is 14.1 Å². The van der Waals surface area contributed by atoms with Gasteiger partial charge in [0.25, 0.3) is 0 Å². The van der Waals surface area contributed by atoms with E-state index in [0.29, 0.717) is 0 Å². The van der Waals surface area contributed by atoms with Crippen molar-refractivity contribution in [2.24, 2.45) is 4.99 Å². The summed E-state index contributed by atoms with van der Waals surface area (Å²) >= 11 is 1.52. The Balaban J connectivity index is 2.00. The lowest BCUT2D eigenvalue weighted by Gasteiger charge is -2.08. The van der Waals surface area contributed by atoms with Gasteiger partial charge in [-0.2, -0.15) is 0 Å². The summed E-state index contributed by atoms with van der Waals surface area (Å²) in [6.07, 6.45) is 1.76. The van der Waals surface area contributed by atoms with Crippen LogP contribution in [0.2, 0.25) is 0 Å². The molecule has 0 atom stereocenters.